The fourth-order valence-corrected chi connectivity index (χ4v) is 8.16. The lowest BCUT2D eigenvalue weighted by atomic mass is 9.94. The number of esters is 1. The van der Waals surface area contributed by atoms with E-state index in [1.807, 2.05) is 39.0 Å². The molecule has 0 unspecified atom stereocenters. The number of carbonyl (C=O) groups is 1. The van der Waals surface area contributed by atoms with Crippen LogP contribution in [0.3, 0.4) is 0 Å². The average molecular weight is 723 g/mol. The Morgan fingerprint density at radius 3 is 2.32 bits per heavy atom. The Morgan fingerprint density at radius 1 is 0.980 bits per heavy atom. The molecule has 0 bridgehead atoms. The van der Waals surface area contributed by atoms with Crippen molar-refractivity contribution in [1.29, 1.82) is 0 Å². The number of hydrogen-bond acceptors (Lipinski definition) is 8. The third kappa shape index (κ3) is 9.92. The lowest BCUT2D eigenvalue weighted by Gasteiger charge is -2.25. The van der Waals surface area contributed by atoms with Crippen molar-refractivity contribution in [1.82, 2.24) is 0 Å². The Bertz CT molecular complexity index is 1940. The van der Waals surface area contributed by atoms with Crippen molar-refractivity contribution in [2.75, 3.05) is 23.3 Å². The molecule has 0 aliphatic carbocycles. The zero-order valence-corrected chi connectivity index (χ0v) is 30.8. The van der Waals surface area contributed by atoms with Gasteiger partial charge in [0.1, 0.15) is 11.4 Å². The van der Waals surface area contributed by atoms with E-state index < -0.39 is 42.9 Å². The van der Waals surface area contributed by atoms with Crippen LogP contribution in [0.5, 0.6) is 0 Å². The highest BCUT2D eigenvalue weighted by Crippen LogP contribution is 2.35. The van der Waals surface area contributed by atoms with Gasteiger partial charge >= 0.3 is 5.97 Å². The van der Waals surface area contributed by atoms with Gasteiger partial charge < -0.3 is 9.47 Å². The van der Waals surface area contributed by atoms with E-state index in [1.165, 1.54) is 30.3 Å². The minimum atomic E-state index is -4.58. The van der Waals surface area contributed by atoms with E-state index >= 15 is 4.39 Å². The van der Waals surface area contributed by atoms with Gasteiger partial charge in [-0.3, -0.25) is 19.2 Å². The fourth-order valence-electron chi connectivity index (χ4n) is 5.60. The zero-order valence-electron chi connectivity index (χ0n) is 29.2. The number of nitro benzene ring substituents is 1. The summed E-state index contributed by atoms with van der Waals surface area (Å²) in [4.78, 5) is 24.0. The van der Waals surface area contributed by atoms with Crippen LogP contribution in [-0.4, -0.2) is 43.9 Å². The van der Waals surface area contributed by atoms with Crippen LogP contribution >= 0.6 is 11.8 Å². The highest BCUT2D eigenvalue weighted by Gasteiger charge is 2.32. The summed E-state index contributed by atoms with van der Waals surface area (Å²) in [7, 11) is -4.58. The summed E-state index contributed by atoms with van der Waals surface area (Å²) in [5.41, 5.74) is 3.48. The van der Waals surface area contributed by atoms with Gasteiger partial charge in [-0.15, -0.1) is 11.8 Å². The van der Waals surface area contributed by atoms with Gasteiger partial charge in [0.05, 0.1) is 23.8 Å². The number of halogens is 1. The van der Waals surface area contributed by atoms with Crippen LogP contribution in [0.4, 0.5) is 15.8 Å². The van der Waals surface area contributed by atoms with Crippen molar-refractivity contribution in [3.05, 3.63) is 117 Å². The van der Waals surface area contributed by atoms with E-state index in [1.54, 1.807) is 38.6 Å². The number of anilines is 1. The van der Waals surface area contributed by atoms with Crippen molar-refractivity contribution in [2.24, 2.45) is 0 Å². The number of thioether (sulfide) groups is 1. The molecule has 4 aromatic carbocycles. The molecule has 0 saturated heterocycles. The maximum atomic E-state index is 15.6. The van der Waals surface area contributed by atoms with Crippen molar-refractivity contribution in [3.8, 4) is 11.1 Å². The third-order valence-corrected chi connectivity index (χ3v) is 10.5. The van der Waals surface area contributed by atoms with E-state index in [-0.39, 0.29) is 30.6 Å². The maximum Gasteiger partial charge on any atom is 0.306 e. The summed E-state index contributed by atoms with van der Waals surface area (Å²) < 4.78 is 55.9. The molecule has 0 amide bonds. The second-order valence-electron chi connectivity index (χ2n) is 12.8. The molecule has 266 valence electrons. The number of rotatable bonds is 15. The first kappa shape index (κ1) is 38.5. The molecule has 0 atom stereocenters. The van der Waals surface area contributed by atoms with Crippen molar-refractivity contribution in [2.45, 2.75) is 76.3 Å². The molecule has 0 heterocycles. The highest BCUT2D eigenvalue weighted by atomic mass is 32.2. The SMILES string of the molecule is CCOCCSc1cc(C)c(-c2cccc(CN(c3ccc(CCC(=O)OC(C)(C)C)c(F)c3)S(=O)(=O)c3ccccc3[N+](=O)[O-])c2)c(C)c1. The number of sulfonamides is 1. The summed E-state index contributed by atoms with van der Waals surface area (Å²) in [6.07, 6.45) is -0.0210. The minimum Gasteiger partial charge on any atom is -0.460 e. The number of aryl methyl sites for hydroxylation is 3. The molecule has 4 rings (SSSR count). The molecule has 0 aliphatic rings. The Morgan fingerprint density at radius 2 is 1.68 bits per heavy atom. The Balaban J connectivity index is 1.72. The first-order valence-electron chi connectivity index (χ1n) is 16.3. The molecule has 0 N–H and O–H groups in total. The molecule has 0 fully saturated rings. The van der Waals surface area contributed by atoms with Gasteiger partial charge in [0.25, 0.3) is 15.7 Å². The summed E-state index contributed by atoms with van der Waals surface area (Å²) in [6.45, 7) is 12.3. The molecule has 0 spiro atoms. The number of nitro groups is 1. The smallest absolute Gasteiger partial charge is 0.306 e. The minimum absolute atomic E-state index is 0.0205. The molecule has 0 saturated carbocycles. The van der Waals surface area contributed by atoms with Crippen LogP contribution in [0.1, 0.15) is 56.4 Å². The largest absolute Gasteiger partial charge is 0.460 e. The summed E-state index contributed by atoms with van der Waals surface area (Å²) in [5.74, 6) is -0.369. The number of nitrogens with zero attached hydrogens (tertiary/aromatic N) is 2. The lowest BCUT2D eigenvalue weighted by Crippen LogP contribution is -2.31. The molecular weight excluding hydrogens is 680 g/mol. The first-order valence-corrected chi connectivity index (χ1v) is 18.7. The number of para-hydroxylation sites is 1. The average Bonchev–Trinajstić information content (AvgIpc) is 3.04. The van der Waals surface area contributed by atoms with Crippen molar-refractivity contribution in [3.63, 3.8) is 0 Å². The summed E-state index contributed by atoms with van der Waals surface area (Å²) >= 11 is 1.71. The Hall–Kier alpha value is -4.26. The van der Waals surface area contributed by atoms with E-state index in [9.17, 15) is 23.3 Å². The zero-order chi connectivity index (χ0) is 36.6. The second kappa shape index (κ2) is 16.6. The first-order chi connectivity index (χ1) is 23.6. The topological polar surface area (TPSA) is 116 Å². The highest BCUT2D eigenvalue weighted by molar-refractivity contribution is 7.99. The monoisotopic (exact) mass is 722 g/mol. The van der Waals surface area contributed by atoms with Gasteiger partial charge in [-0.2, -0.15) is 0 Å². The van der Waals surface area contributed by atoms with Crippen molar-refractivity contribution >= 4 is 39.1 Å². The predicted molar refractivity (Wildman–Crippen MR) is 196 cm³/mol. The van der Waals surface area contributed by atoms with Gasteiger partial charge in [-0.1, -0.05) is 36.4 Å². The molecular formula is C38H43FN2O7S2. The van der Waals surface area contributed by atoms with Crippen LogP contribution < -0.4 is 4.31 Å². The normalized spacial score (nSPS) is 11.7. The molecule has 0 aliphatic heterocycles. The summed E-state index contributed by atoms with van der Waals surface area (Å²) in [6, 6.07) is 20.7. The predicted octanol–water partition coefficient (Wildman–Crippen LogP) is 8.82. The third-order valence-electron chi connectivity index (χ3n) is 7.72. The molecule has 0 aromatic heterocycles. The van der Waals surface area contributed by atoms with Crippen LogP contribution in [0.15, 0.2) is 88.7 Å². The lowest BCUT2D eigenvalue weighted by molar-refractivity contribution is -0.387. The van der Waals surface area contributed by atoms with Crippen LogP contribution in [0, 0.1) is 29.8 Å². The van der Waals surface area contributed by atoms with E-state index in [4.69, 9.17) is 9.47 Å². The van der Waals surface area contributed by atoms with Gasteiger partial charge in [0.15, 0.2) is 4.90 Å². The number of ether oxygens (including phenoxy) is 2. The number of carbonyl (C=O) groups excluding carboxylic acids is 1. The van der Waals surface area contributed by atoms with Crippen molar-refractivity contribution < 1.29 is 32.0 Å². The molecule has 0 radical (unpaired) electrons. The molecule has 50 heavy (non-hydrogen) atoms. The molecule has 12 heteroatoms. The summed E-state index contributed by atoms with van der Waals surface area (Å²) in [5, 5.41) is 11.9. The van der Waals surface area contributed by atoms with Gasteiger partial charge in [-0.05, 0) is 118 Å². The van der Waals surface area contributed by atoms with Crippen LogP contribution in [0.25, 0.3) is 11.1 Å². The fraction of sp³-hybridized carbons (Fsp3) is 0.342. The Labute approximate surface area is 298 Å². The molecule has 4 aromatic rings. The number of hydrogen-bond donors (Lipinski definition) is 0. The maximum absolute atomic E-state index is 15.6. The van der Waals surface area contributed by atoms with Gasteiger partial charge in [-0.25, -0.2) is 12.8 Å². The van der Waals surface area contributed by atoms with E-state index in [2.05, 4.69) is 12.1 Å². The quantitative estimate of drug-likeness (QED) is 0.0393. The van der Waals surface area contributed by atoms with Gasteiger partial charge in [0.2, 0.25) is 0 Å². The standard InChI is InChI=1S/C38H43FN2O7S2/c1-7-47-19-20-49-32-21-26(2)37(27(3)22-32)30-12-10-11-28(23-30)25-40(50(45,46)35-14-9-8-13-34(35)41(43)44)31-17-15-29(33(39)24-31)16-18-36(42)48-38(4,5)6/h8-15,17,21-24H,7,16,18-20,25H2,1-6H3. The molecule has 9 nitrogen and oxygen atoms in total. The Kier molecular flexibility index (Phi) is 12.8. The van der Waals surface area contributed by atoms with E-state index in [0.717, 1.165) is 49.3 Å². The van der Waals surface area contributed by atoms with Crippen LogP contribution in [0.2, 0.25) is 0 Å². The van der Waals surface area contributed by atoms with Gasteiger partial charge in [0, 0.05) is 29.7 Å². The van der Waals surface area contributed by atoms with Crippen LogP contribution in [-0.2, 0) is 37.3 Å². The second-order valence-corrected chi connectivity index (χ2v) is 15.8. The van der Waals surface area contributed by atoms with E-state index in [0.29, 0.717) is 18.8 Å². The number of benzene rings is 4.